The lowest BCUT2D eigenvalue weighted by Crippen LogP contribution is -2.12. The maximum atomic E-state index is 13.1. The van der Waals surface area contributed by atoms with Crippen LogP contribution >= 0.6 is 0 Å². The maximum absolute atomic E-state index is 13.1. The van der Waals surface area contributed by atoms with Gasteiger partial charge >= 0.3 is 6.18 Å². The Hall–Kier alpha value is -2.94. The lowest BCUT2D eigenvalue weighted by Gasteiger charge is -2.13. The van der Waals surface area contributed by atoms with E-state index in [1.165, 1.54) is 42.5 Å². The van der Waals surface area contributed by atoms with E-state index >= 15 is 0 Å². The van der Waals surface area contributed by atoms with Gasteiger partial charge in [0.05, 0.1) is 10.5 Å². The first-order valence-electron chi connectivity index (χ1n) is 7.27. The predicted octanol–water partition coefficient (Wildman–Crippen LogP) is 3.29. The lowest BCUT2D eigenvalue weighted by molar-refractivity contribution is -0.137. The number of aromatic amines is 1. The average molecular weight is 380 g/mol. The molecule has 0 unspecified atom stereocenters. The van der Waals surface area contributed by atoms with Crippen molar-refractivity contribution in [1.82, 2.24) is 10.2 Å². The molecule has 1 aromatic heterocycles. The number of benzene rings is 2. The SMILES string of the molecule is O=c1ccc(S(=O)(=O)c2ccc(-c3ccccc3C(F)(F)F)cc2)n[nH]1. The summed E-state index contributed by atoms with van der Waals surface area (Å²) in [6.07, 6.45) is -4.53. The minimum absolute atomic E-state index is 0.0499. The van der Waals surface area contributed by atoms with Gasteiger partial charge in [-0.05, 0) is 35.4 Å². The normalized spacial score (nSPS) is 12.1. The van der Waals surface area contributed by atoms with E-state index in [2.05, 4.69) is 5.10 Å². The van der Waals surface area contributed by atoms with Gasteiger partial charge in [0.25, 0.3) is 5.56 Å². The summed E-state index contributed by atoms with van der Waals surface area (Å²) >= 11 is 0. The van der Waals surface area contributed by atoms with Crippen molar-refractivity contribution in [2.24, 2.45) is 0 Å². The summed E-state index contributed by atoms with van der Waals surface area (Å²) < 4.78 is 64.3. The smallest absolute Gasteiger partial charge is 0.268 e. The first kappa shape index (κ1) is 17.9. The molecule has 0 saturated carbocycles. The number of sulfone groups is 1. The molecule has 0 bridgehead atoms. The molecule has 0 amide bonds. The molecular weight excluding hydrogens is 369 g/mol. The van der Waals surface area contributed by atoms with E-state index in [9.17, 15) is 26.4 Å². The Bertz CT molecular complexity index is 1080. The monoisotopic (exact) mass is 380 g/mol. The van der Waals surface area contributed by atoms with Crippen LogP contribution in [0.25, 0.3) is 11.1 Å². The van der Waals surface area contributed by atoms with E-state index in [0.717, 1.165) is 18.2 Å². The molecule has 134 valence electrons. The zero-order valence-corrected chi connectivity index (χ0v) is 13.8. The van der Waals surface area contributed by atoms with Crippen molar-refractivity contribution in [3.8, 4) is 11.1 Å². The molecule has 3 rings (SSSR count). The molecule has 0 spiro atoms. The van der Waals surface area contributed by atoms with Crippen molar-refractivity contribution in [2.45, 2.75) is 16.1 Å². The maximum Gasteiger partial charge on any atom is 0.417 e. The van der Waals surface area contributed by atoms with Gasteiger partial charge in [-0.15, -0.1) is 0 Å². The molecule has 0 radical (unpaired) electrons. The van der Waals surface area contributed by atoms with Gasteiger partial charge < -0.3 is 0 Å². The highest BCUT2D eigenvalue weighted by Gasteiger charge is 2.33. The summed E-state index contributed by atoms with van der Waals surface area (Å²) in [5, 5.41) is 5.15. The summed E-state index contributed by atoms with van der Waals surface area (Å²) in [6, 6.07) is 12.1. The molecule has 2 aromatic carbocycles. The fourth-order valence-corrected chi connectivity index (χ4v) is 3.55. The summed E-state index contributed by atoms with van der Waals surface area (Å²) in [6.45, 7) is 0. The number of hydrogen-bond donors (Lipinski definition) is 1. The third kappa shape index (κ3) is 3.38. The van der Waals surface area contributed by atoms with E-state index in [1.54, 1.807) is 0 Å². The van der Waals surface area contributed by atoms with E-state index < -0.39 is 27.1 Å². The Labute approximate surface area is 146 Å². The van der Waals surface area contributed by atoms with E-state index in [4.69, 9.17) is 0 Å². The second-order valence-corrected chi connectivity index (χ2v) is 7.23. The highest BCUT2D eigenvalue weighted by Crippen LogP contribution is 2.37. The molecule has 0 aliphatic heterocycles. The van der Waals surface area contributed by atoms with E-state index in [-0.39, 0.29) is 21.0 Å². The Morgan fingerprint density at radius 2 is 1.54 bits per heavy atom. The van der Waals surface area contributed by atoms with Crippen LogP contribution in [0.5, 0.6) is 0 Å². The van der Waals surface area contributed by atoms with Crippen molar-refractivity contribution in [1.29, 1.82) is 0 Å². The van der Waals surface area contributed by atoms with Crippen LogP contribution in [0.2, 0.25) is 0 Å². The van der Waals surface area contributed by atoms with Crippen LogP contribution in [0.15, 0.2) is 75.4 Å². The van der Waals surface area contributed by atoms with Gasteiger partial charge in [-0.1, -0.05) is 30.3 Å². The molecule has 1 N–H and O–H groups in total. The van der Waals surface area contributed by atoms with Crippen LogP contribution in [-0.2, 0) is 16.0 Å². The molecule has 0 aliphatic carbocycles. The predicted molar refractivity (Wildman–Crippen MR) is 87.2 cm³/mol. The molecule has 5 nitrogen and oxygen atoms in total. The minimum Gasteiger partial charge on any atom is -0.268 e. The number of halogens is 3. The molecule has 9 heteroatoms. The van der Waals surface area contributed by atoms with Gasteiger partial charge in [0.15, 0.2) is 5.03 Å². The highest BCUT2D eigenvalue weighted by atomic mass is 32.2. The number of aromatic nitrogens is 2. The Morgan fingerprint density at radius 1 is 0.885 bits per heavy atom. The van der Waals surface area contributed by atoms with Crippen LogP contribution in [0.3, 0.4) is 0 Å². The highest BCUT2D eigenvalue weighted by molar-refractivity contribution is 7.91. The second kappa shape index (κ2) is 6.41. The van der Waals surface area contributed by atoms with Crippen LogP contribution in [0.4, 0.5) is 13.2 Å². The number of hydrogen-bond acceptors (Lipinski definition) is 4. The molecule has 0 aliphatic rings. The van der Waals surface area contributed by atoms with Crippen molar-refractivity contribution < 1.29 is 21.6 Å². The quantitative estimate of drug-likeness (QED) is 0.756. The number of alkyl halides is 3. The number of H-pyrrole nitrogens is 1. The molecule has 3 aromatic rings. The van der Waals surface area contributed by atoms with Crippen LogP contribution < -0.4 is 5.56 Å². The third-order valence-corrected chi connectivity index (χ3v) is 5.31. The number of rotatable bonds is 3. The fraction of sp³-hybridized carbons (Fsp3) is 0.0588. The zero-order valence-electron chi connectivity index (χ0n) is 13.0. The molecule has 26 heavy (non-hydrogen) atoms. The summed E-state index contributed by atoms with van der Waals surface area (Å²) in [7, 11) is -4.00. The van der Waals surface area contributed by atoms with Crippen LogP contribution in [0.1, 0.15) is 5.56 Å². The van der Waals surface area contributed by atoms with Gasteiger partial charge in [0, 0.05) is 6.07 Å². The second-order valence-electron chi connectivity index (χ2n) is 5.33. The zero-order chi connectivity index (χ0) is 18.9. The van der Waals surface area contributed by atoms with Crippen LogP contribution in [-0.4, -0.2) is 18.6 Å². The van der Waals surface area contributed by atoms with Crippen molar-refractivity contribution in [2.75, 3.05) is 0 Å². The van der Waals surface area contributed by atoms with Gasteiger partial charge in [-0.2, -0.15) is 18.3 Å². The van der Waals surface area contributed by atoms with Crippen molar-refractivity contribution in [3.05, 3.63) is 76.6 Å². The topological polar surface area (TPSA) is 79.9 Å². The summed E-state index contributed by atoms with van der Waals surface area (Å²) in [5.41, 5.74) is -1.18. The number of nitrogens with one attached hydrogen (secondary N) is 1. The van der Waals surface area contributed by atoms with Gasteiger partial charge in [-0.3, -0.25) is 4.79 Å². The molecule has 1 heterocycles. The molecule has 0 fully saturated rings. The molecular formula is C17H11F3N2O3S. The first-order chi connectivity index (χ1) is 12.2. The minimum atomic E-state index is -4.53. The van der Waals surface area contributed by atoms with Crippen LogP contribution in [0, 0.1) is 0 Å². The third-order valence-electron chi connectivity index (χ3n) is 3.64. The van der Waals surface area contributed by atoms with Gasteiger partial charge in [-0.25, -0.2) is 13.5 Å². The van der Waals surface area contributed by atoms with E-state index in [0.29, 0.717) is 0 Å². The molecule has 0 saturated heterocycles. The molecule has 0 atom stereocenters. The van der Waals surface area contributed by atoms with E-state index in [1.807, 2.05) is 5.10 Å². The fourth-order valence-electron chi connectivity index (χ4n) is 2.40. The largest absolute Gasteiger partial charge is 0.417 e. The van der Waals surface area contributed by atoms with Crippen molar-refractivity contribution in [3.63, 3.8) is 0 Å². The standard InChI is InChI=1S/C17H11F3N2O3S/c18-17(19,20)14-4-2-1-3-13(14)11-5-7-12(8-6-11)26(24,25)16-10-9-15(23)21-22-16/h1-10H,(H,21,23). The summed E-state index contributed by atoms with van der Waals surface area (Å²) in [5.74, 6) is 0. The first-order valence-corrected chi connectivity index (χ1v) is 8.75. The lowest BCUT2D eigenvalue weighted by atomic mass is 9.99. The summed E-state index contributed by atoms with van der Waals surface area (Å²) in [4.78, 5) is 10.8. The van der Waals surface area contributed by atoms with Gasteiger partial charge in [0.2, 0.25) is 9.84 Å². The van der Waals surface area contributed by atoms with Gasteiger partial charge in [0.1, 0.15) is 0 Å². The number of nitrogens with zero attached hydrogens (tertiary/aromatic N) is 1. The Kier molecular flexibility index (Phi) is 4.41. The average Bonchev–Trinajstić information content (AvgIpc) is 2.61. The Morgan fingerprint density at radius 3 is 2.12 bits per heavy atom. The Balaban J connectivity index is 2.03. The van der Waals surface area contributed by atoms with Crippen molar-refractivity contribution >= 4 is 9.84 Å².